The van der Waals surface area contributed by atoms with Crippen molar-refractivity contribution in [3.63, 3.8) is 0 Å². The third kappa shape index (κ3) is 5.65. The molecule has 0 radical (unpaired) electrons. The van der Waals surface area contributed by atoms with Crippen molar-refractivity contribution in [2.75, 3.05) is 0 Å². The molecule has 2 rings (SSSR count). The molecule has 1 unspecified atom stereocenters. The van der Waals surface area contributed by atoms with Crippen molar-refractivity contribution in [2.24, 2.45) is 0 Å². The van der Waals surface area contributed by atoms with Gasteiger partial charge in [0.25, 0.3) is 0 Å². The quantitative estimate of drug-likeness (QED) is 0.408. The summed E-state index contributed by atoms with van der Waals surface area (Å²) in [5, 5.41) is 41.8. The number of aliphatic carboxylic acids is 1. The summed E-state index contributed by atoms with van der Waals surface area (Å²) < 4.78 is 10.5. The number of ketones is 1. The fraction of sp³-hybridized carbons (Fsp3) is 0.579. The molecule has 1 aliphatic heterocycles. The molecular weight excluding hydrogens is 406 g/mol. The maximum absolute atomic E-state index is 12.6. The number of benzene rings is 1. The standard InChI is InChI=1S/C19H26ClNO8/c1-8(21-19(2,3)4)12(22)9-5-6-11(10(20)7-9)28-18-15(25)13(23)14(24)16(29-18)17(26)27/h5-8,13-16,18,21,23-25H,1-4H3,(H,26,27)/t8-,13+,14+,15-,16+,18?/m1/s1. The Morgan fingerprint density at radius 1 is 1.17 bits per heavy atom. The van der Waals surface area contributed by atoms with Gasteiger partial charge in [-0.2, -0.15) is 0 Å². The summed E-state index contributed by atoms with van der Waals surface area (Å²) in [5.74, 6) is -1.70. The lowest BCUT2D eigenvalue weighted by Gasteiger charge is -2.38. The molecule has 1 fully saturated rings. The van der Waals surface area contributed by atoms with Gasteiger partial charge in [-0.05, 0) is 45.9 Å². The van der Waals surface area contributed by atoms with Crippen molar-refractivity contribution in [3.05, 3.63) is 28.8 Å². The van der Waals surface area contributed by atoms with E-state index in [0.29, 0.717) is 5.56 Å². The molecule has 0 amide bonds. The molecule has 5 N–H and O–H groups in total. The number of hydrogen-bond donors (Lipinski definition) is 5. The summed E-state index contributed by atoms with van der Waals surface area (Å²) in [6.45, 7) is 7.54. The van der Waals surface area contributed by atoms with Crippen LogP contribution < -0.4 is 10.1 Å². The second-order valence-electron chi connectivity index (χ2n) is 7.98. The molecule has 29 heavy (non-hydrogen) atoms. The highest BCUT2D eigenvalue weighted by atomic mass is 35.5. The van der Waals surface area contributed by atoms with Gasteiger partial charge in [-0.15, -0.1) is 0 Å². The molecule has 1 heterocycles. The third-order valence-corrected chi connectivity index (χ3v) is 4.61. The minimum atomic E-state index is -1.82. The van der Waals surface area contributed by atoms with E-state index in [0.717, 1.165) is 0 Å². The molecule has 10 heteroatoms. The predicted molar refractivity (Wildman–Crippen MR) is 103 cm³/mol. The number of carbonyl (C=O) groups is 2. The van der Waals surface area contributed by atoms with Gasteiger partial charge in [-0.1, -0.05) is 11.6 Å². The second kappa shape index (κ2) is 8.95. The van der Waals surface area contributed by atoms with Crippen LogP contribution in [-0.2, 0) is 9.53 Å². The van der Waals surface area contributed by atoms with Gasteiger partial charge in [0.1, 0.15) is 24.1 Å². The van der Waals surface area contributed by atoms with Gasteiger partial charge in [-0.3, -0.25) is 4.79 Å². The summed E-state index contributed by atoms with van der Waals surface area (Å²) >= 11 is 6.18. The van der Waals surface area contributed by atoms with Crippen molar-refractivity contribution < 1.29 is 39.5 Å². The number of nitrogens with one attached hydrogen (secondary N) is 1. The van der Waals surface area contributed by atoms with E-state index in [-0.39, 0.29) is 22.1 Å². The Hall–Kier alpha value is -1.75. The van der Waals surface area contributed by atoms with Crippen LogP contribution in [0.4, 0.5) is 0 Å². The number of hydrogen-bond acceptors (Lipinski definition) is 8. The van der Waals surface area contributed by atoms with Crippen LogP contribution in [0.1, 0.15) is 38.1 Å². The summed E-state index contributed by atoms with van der Waals surface area (Å²) in [5.41, 5.74) is 0.0678. The summed E-state index contributed by atoms with van der Waals surface area (Å²) in [6.07, 6.45) is -8.71. The van der Waals surface area contributed by atoms with Gasteiger partial charge >= 0.3 is 5.97 Å². The fourth-order valence-electron chi connectivity index (χ4n) is 2.99. The Morgan fingerprint density at radius 3 is 2.31 bits per heavy atom. The zero-order chi connectivity index (χ0) is 22.1. The largest absolute Gasteiger partial charge is 0.479 e. The van der Waals surface area contributed by atoms with Crippen molar-refractivity contribution in [1.82, 2.24) is 5.32 Å². The minimum absolute atomic E-state index is 0.0106. The van der Waals surface area contributed by atoms with Gasteiger partial charge in [0.15, 0.2) is 11.9 Å². The van der Waals surface area contributed by atoms with Gasteiger partial charge in [0.2, 0.25) is 6.29 Å². The lowest BCUT2D eigenvalue weighted by molar-refractivity contribution is -0.271. The summed E-state index contributed by atoms with van der Waals surface area (Å²) in [4.78, 5) is 23.7. The van der Waals surface area contributed by atoms with Crippen molar-refractivity contribution >= 4 is 23.4 Å². The van der Waals surface area contributed by atoms with Crippen LogP contribution >= 0.6 is 11.6 Å². The lowest BCUT2D eigenvalue weighted by atomic mass is 9.99. The van der Waals surface area contributed by atoms with Crippen LogP contribution in [-0.4, -0.2) is 74.5 Å². The van der Waals surface area contributed by atoms with E-state index in [1.54, 1.807) is 6.92 Å². The number of halogens is 1. The van der Waals surface area contributed by atoms with Crippen LogP contribution in [0.2, 0.25) is 5.02 Å². The van der Waals surface area contributed by atoms with Gasteiger partial charge < -0.3 is 35.2 Å². The normalized spacial score (nSPS) is 28.6. The van der Waals surface area contributed by atoms with Crippen LogP contribution in [0.25, 0.3) is 0 Å². The van der Waals surface area contributed by atoms with Gasteiger partial charge in [0.05, 0.1) is 11.1 Å². The Labute approximate surface area is 173 Å². The minimum Gasteiger partial charge on any atom is -0.479 e. The van der Waals surface area contributed by atoms with Crippen LogP contribution in [0, 0.1) is 0 Å². The zero-order valence-electron chi connectivity index (χ0n) is 16.5. The zero-order valence-corrected chi connectivity index (χ0v) is 17.3. The number of aliphatic hydroxyl groups is 3. The molecule has 6 atom stereocenters. The maximum Gasteiger partial charge on any atom is 0.335 e. The highest BCUT2D eigenvalue weighted by molar-refractivity contribution is 6.32. The Bertz CT molecular complexity index is 765. The Morgan fingerprint density at radius 2 is 1.79 bits per heavy atom. The van der Waals surface area contributed by atoms with Crippen LogP contribution in [0.3, 0.4) is 0 Å². The van der Waals surface area contributed by atoms with Crippen LogP contribution in [0.5, 0.6) is 5.75 Å². The topological polar surface area (TPSA) is 146 Å². The highest BCUT2D eigenvalue weighted by Gasteiger charge is 2.48. The molecule has 9 nitrogen and oxygen atoms in total. The third-order valence-electron chi connectivity index (χ3n) is 4.32. The molecule has 0 saturated carbocycles. The first-order valence-corrected chi connectivity index (χ1v) is 9.40. The van der Waals surface area contributed by atoms with E-state index in [1.807, 2.05) is 20.8 Å². The number of carboxylic acids is 1. The molecule has 1 saturated heterocycles. The lowest BCUT2D eigenvalue weighted by Crippen LogP contribution is -2.61. The average molecular weight is 432 g/mol. The summed E-state index contributed by atoms with van der Waals surface area (Å²) in [6, 6.07) is 3.77. The molecule has 0 bridgehead atoms. The first kappa shape index (κ1) is 23.5. The molecule has 1 aromatic rings. The second-order valence-corrected chi connectivity index (χ2v) is 8.39. The molecule has 0 aliphatic carbocycles. The van der Waals surface area contributed by atoms with E-state index in [1.165, 1.54) is 18.2 Å². The van der Waals surface area contributed by atoms with E-state index >= 15 is 0 Å². The van der Waals surface area contributed by atoms with E-state index < -0.39 is 42.7 Å². The molecular formula is C19H26ClNO8. The number of aliphatic hydroxyl groups excluding tert-OH is 3. The molecule has 0 aromatic heterocycles. The maximum atomic E-state index is 12.6. The number of carbonyl (C=O) groups excluding carboxylic acids is 1. The molecule has 1 aromatic carbocycles. The van der Waals surface area contributed by atoms with Crippen molar-refractivity contribution in [2.45, 2.75) is 70.0 Å². The molecule has 0 spiro atoms. The van der Waals surface area contributed by atoms with Gasteiger partial charge in [-0.25, -0.2) is 4.79 Å². The highest BCUT2D eigenvalue weighted by Crippen LogP contribution is 2.30. The Balaban J connectivity index is 2.16. The van der Waals surface area contributed by atoms with Crippen molar-refractivity contribution in [3.8, 4) is 5.75 Å². The SMILES string of the molecule is C[C@@H](NC(C)(C)C)C(=O)c1ccc(OC2O[C@H](C(=O)O)[C@@H](O)[C@H](O)[C@H]2O)c(Cl)c1. The van der Waals surface area contributed by atoms with Gasteiger partial charge in [0, 0.05) is 11.1 Å². The molecule has 1 aliphatic rings. The number of ether oxygens (including phenoxy) is 2. The van der Waals surface area contributed by atoms with E-state index in [2.05, 4.69) is 5.32 Å². The number of rotatable bonds is 6. The molecule has 162 valence electrons. The Kier molecular flexibility index (Phi) is 7.26. The number of carboxylic acid groups (broad SMARTS) is 1. The average Bonchev–Trinajstić information content (AvgIpc) is 2.61. The monoisotopic (exact) mass is 431 g/mol. The van der Waals surface area contributed by atoms with E-state index in [4.69, 9.17) is 26.2 Å². The number of Topliss-reactive ketones (excluding diaryl/α,β-unsaturated/α-hetero) is 1. The first-order valence-electron chi connectivity index (χ1n) is 9.02. The first-order chi connectivity index (χ1) is 13.3. The van der Waals surface area contributed by atoms with Crippen LogP contribution in [0.15, 0.2) is 18.2 Å². The van der Waals surface area contributed by atoms with E-state index in [9.17, 15) is 24.9 Å². The fourth-order valence-corrected chi connectivity index (χ4v) is 3.21. The predicted octanol–water partition coefficient (Wildman–Crippen LogP) is 0.570. The van der Waals surface area contributed by atoms with Crippen molar-refractivity contribution in [1.29, 1.82) is 0 Å². The summed E-state index contributed by atoms with van der Waals surface area (Å²) in [7, 11) is 0. The smallest absolute Gasteiger partial charge is 0.335 e.